The van der Waals surface area contributed by atoms with Crippen LogP contribution >= 0.6 is 28.1 Å². The summed E-state index contributed by atoms with van der Waals surface area (Å²) in [6.07, 6.45) is 0.148. The van der Waals surface area contributed by atoms with E-state index >= 15 is 0 Å². The number of halogens is 1. The number of ether oxygens (including phenoxy) is 1. The Hall–Kier alpha value is -1.92. The van der Waals surface area contributed by atoms with Crippen LogP contribution in [0.15, 0.2) is 53.0 Å². The Morgan fingerprint density at radius 3 is 2.33 bits per heavy atom. The van der Waals surface area contributed by atoms with Gasteiger partial charge in [-0.05, 0) is 68.0 Å². The third kappa shape index (κ3) is 5.94. The van der Waals surface area contributed by atoms with Crippen molar-refractivity contribution in [3.8, 4) is 5.75 Å². The molecule has 24 heavy (non-hydrogen) atoms. The van der Waals surface area contributed by atoms with Gasteiger partial charge in [-0.15, -0.1) is 0 Å². The minimum atomic E-state index is -0.235. The summed E-state index contributed by atoms with van der Waals surface area (Å²) in [5.74, 6) is 0.598. The van der Waals surface area contributed by atoms with Gasteiger partial charge in [-0.2, -0.15) is 0 Å². The highest BCUT2D eigenvalue weighted by Crippen LogP contribution is 2.13. The molecule has 0 saturated carbocycles. The van der Waals surface area contributed by atoms with Gasteiger partial charge in [-0.1, -0.05) is 28.1 Å². The summed E-state index contributed by atoms with van der Waals surface area (Å²) in [6, 6.07) is 14.8. The Labute approximate surface area is 155 Å². The van der Waals surface area contributed by atoms with Gasteiger partial charge < -0.3 is 10.1 Å². The maximum absolute atomic E-state index is 12.1. The number of carbonyl (C=O) groups is 1. The molecule has 0 saturated heterocycles. The van der Waals surface area contributed by atoms with Crippen molar-refractivity contribution in [2.45, 2.75) is 26.5 Å². The maximum atomic E-state index is 12.1. The van der Waals surface area contributed by atoms with Gasteiger partial charge in [0.1, 0.15) is 5.75 Å². The molecule has 0 radical (unpaired) electrons. The van der Waals surface area contributed by atoms with Gasteiger partial charge in [0.15, 0.2) is 5.11 Å². The fraction of sp³-hybridized carbons (Fsp3) is 0.222. The van der Waals surface area contributed by atoms with Crippen LogP contribution in [-0.4, -0.2) is 17.1 Å². The lowest BCUT2D eigenvalue weighted by molar-refractivity contribution is 0.0976. The molecular weight excluding hydrogens is 388 g/mol. The number of nitrogens with one attached hydrogen (secondary N) is 2. The number of hydrogen-bond donors (Lipinski definition) is 2. The van der Waals surface area contributed by atoms with Gasteiger partial charge in [0.25, 0.3) is 5.91 Å². The molecule has 1 amide bonds. The van der Waals surface area contributed by atoms with Crippen LogP contribution in [-0.2, 0) is 6.54 Å². The van der Waals surface area contributed by atoms with Gasteiger partial charge in [-0.3, -0.25) is 10.1 Å². The van der Waals surface area contributed by atoms with Crippen LogP contribution in [0, 0.1) is 0 Å². The number of hydrogen-bond acceptors (Lipinski definition) is 3. The Morgan fingerprint density at radius 1 is 1.12 bits per heavy atom. The summed E-state index contributed by atoms with van der Waals surface area (Å²) in [6.45, 7) is 4.51. The maximum Gasteiger partial charge on any atom is 0.257 e. The molecule has 126 valence electrons. The van der Waals surface area contributed by atoms with Crippen molar-refractivity contribution in [1.29, 1.82) is 0 Å². The molecule has 2 N–H and O–H groups in total. The highest BCUT2D eigenvalue weighted by molar-refractivity contribution is 9.10. The molecule has 0 aliphatic carbocycles. The van der Waals surface area contributed by atoms with Gasteiger partial charge in [0.2, 0.25) is 0 Å². The van der Waals surface area contributed by atoms with Crippen molar-refractivity contribution in [3.63, 3.8) is 0 Å². The van der Waals surface area contributed by atoms with Crippen LogP contribution in [0.1, 0.15) is 29.8 Å². The first-order valence-corrected chi connectivity index (χ1v) is 8.74. The predicted molar refractivity (Wildman–Crippen MR) is 103 cm³/mol. The Bertz CT molecular complexity index is 700. The predicted octanol–water partition coefficient (Wildman–Crippen LogP) is 4.04. The van der Waals surface area contributed by atoms with Crippen molar-refractivity contribution < 1.29 is 9.53 Å². The van der Waals surface area contributed by atoms with E-state index in [9.17, 15) is 4.79 Å². The molecule has 0 heterocycles. The molecule has 2 rings (SSSR count). The van der Waals surface area contributed by atoms with Gasteiger partial charge in [-0.25, -0.2) is 0 Å². The molecule has 2 aromatic rings. The van der Waals surface area contributed by atoms with Crippen molar-refractivity contribution >= 4 is 39.2 Å². The largest absolute Gasteiger partial charge is 0.491 e. The zero-order valence-electron chi connectivity index (χ0n) is 13.5. The van der Waals surface area contributed by atoms with E-state index in [-0.39, 0.29) is 12.0 Å². The van der Waals surface area contributed by atoms with E-state index < -0.39 is 0 Å². The van der Waals surface area contributed by atoms with Crippen LogP contribution < -0.4 is 15.4 Å². The molecule has 0 fully saturated rings. The van der Waals surface area contributed by atoms with E-state index in [0.717, 1.165) is 15.8 Å². The monoisotopic (exact) mass is 406 g/mol. The van der Waals surface area contributed by atoms with E-state index in [1.807, 2.05) is 50.2 Å². The summed E-state index contributed by atoms with van der Waals surface area (Å²) in [7, 11) is 0. The Balaban J connectivity index is 1.82. The zero-order valence-corrected chi connectivity index (χ0v) is 15.9. The summed E-state index contributed by atoms with van der Waals surface area (Å²) >= 11 is 8.50. The molecule has 0 bridgehead atoms. The lowest BCUT2D eigenvalue weighted by atomic mass is 10.2. The molecule has 0 spiro atoms. The van der Waals surface area contributed by atoms with Crippen LogP contribution in [0.3, 0.4) is 0 Å². The third-order valence-electron chi connectivity index (χ3n) is 3.08. The molecule has 2 aromatic carbocycles. The molecule has 0 atom stereocenters. The number of benzene rings is 2. The normalized spacial score (nSPS) is 10.3. The third-order valence-corrected chi connectivity index (χ3v) is 3.86. The zero-order chi connectivity index (χ0) is 17.5. The van der Waals surface area contributed by atoms with E-state index in [4.69, 9.17) is 17.0 Å². The summed E-state index contributed by atoms with van der Waals surface area (Å²) in [5.41, 5.74) is 1.60. The molecule has 0 aromatic heterocycles. The first kappa shape index (κ1) is 18.4. The first-order valence-electron chi connectivity index (χ1n) is 7.54. The van der Waals surface area contributed by atoms with Crippen LogP contribution in [0.2, 0.25) is 0 Å². The Morgan fingerprint density at radius 2 is 1.75 bits per heavy atom. The second-order valence-corrected chi connectivity index (χ2v) is 6.78. The Kier molecular flexibility index (Phi) is 6.75. The number of carbonyl (C=O) groups excluding carboxylic acids is 1. The SMILES string of the molecule is CC(C)Oc1ccc(CNC(=S)NC(=O)c2ccc(Br)cc2)cc1. The molecule has 0 aliphatic rings. The average molecular weight is 407 g/mol. The van der Waals surface area contributed by atoms with Crippen LogP contribution in [0.4, 0.5) is 0 Å². The highest BCUT2D eigenvalue weighted by atomic mass is 79.9. The standard InChI is InChI=1S/C18H19BrN2O2S/c1-12(2)23-16-9-3-13(4-10-16)11-20-18(24)21-17(22)14-5-7-15(19)8-6-14/h3-10,12H,11H2,1-2H3,(H2,20,21,22,24). The minimum Gasteiger partial charge on any atom is -0.491 e. The van der Waals surface area contributed by atoms with Crippen LogP contribution in [0.25, 0.3) is 0 Å². The van der Waals surface area contributed by atoms with E-state index in [1.165, 1.54) is 0 Å². The smallest absolute Gasteiger partial charge is 0.257 e. The highest BCUT2D eigenvalue weighted by Gasteiger charge is 2.07. The van der Waals surface area contributed by atoms with Gasteiger partial charge >= 0.3 is 0 Å². The fourth-order valence-electron chi connectivity index (χ4n) is 1.96. The van der Waals surface area contributed by atoms with E-state index in [0.29, 0.717) is 17.2 Å². The lowest BCUT2D eigenvalue weighted by Crippen LogP contribution is -2.38. The topological polar surface area (TPSA) is 50.4 Å². The number of rotatable bonds is 5. The fourth-order valence-corrected chi connectivity index (χ4v) is 2.39. The van der Waals surface area contributed by atoms with Crippen molar-refractivity contribution in [2.24, 2.45) is 0 Å². The van der Waals surface area contributed by atoms with Crippen molar-refractivity contribution in [1.82, 2.24) is 10.6 Å². The molecule has 4 nitrogen and oxygen atoms in total. The molecule has 6 heteroatoms. The average Bonchev–Trinajstić information content (AvgIpc) is 2.54. The summed E-state index contributed by atoms with van der Waals surface area (Å²) in [5, 5.41) is 5.98. The number of thiocarbonyl (C=S) groups is 1. The summed E-state index contributed by atoms with van der Waals surface area (Å²) < 4.78 is 6.52. The number of amides is 1. The van der Waals surface area contributed by atoms with E-state index in [1.54, 1.807) is 12.1 Å². The summed E-state index contributed by atoms with van der Waals surface area (Å²) in [4.78, 5) is 12.1. The first-order chi connectivity index (χ1) is 11.4. The second-order valence-electron chi connectivity index (χ2n) is 5.45. The van der Waals surface area contributed by atoms with E-state index in [2.05, 4.69) is 26.6 Å². The van der Waals surface area contributed by atoms with Gasteiger partial charge in [0.05, 0.1) is 6.10 Å². The van der Waals surface area contributed by atoms with Gasteiger partial charge in [0, 0.05) is 16.6 Å². The quantitative estimate of drug-likeness (QED) is 0.735. The van der Waals surface area contributed by atoms with Crippen molar-refractivity contribution in [3.05, 3.63) is 64.1 Å². The van der Waals surface area contributed by atoms with Crippen LogP contribution in [0.5, 0.6) is 5.75 Å². The molecule has 0 aliphatic heterocycles. The molecule has 0 unspecified atom stereocenters. The molecular formula is C18H19BrN2O2S. The lowest BCUT2D eigenvalue weighted by Gasteiger charge is -2.12. The second kappa shape index (κ2) is 8.80. The van der Waals surface area contributed by atoms with Crippen molar-refractivity contribution in [2.75, 3.05) is 0 Å². The minimum absolute atomic E-state index is 0.148.